The Kier molecular flexibility index (Phi) is 4.53. The van der Waals surface area contributed by atoms with Crippen molar-refractivity contribution >= 4 is 5.95 Å². The van der Waals surface area contributed by atoms with Crippen LogP contribution in [0.3, 0.4) is 0 Å². The minimum Gasteiger partial charge on any atom is -0.481 e. The van der Waals surface area contributed by atoms with Crippen molar-refractivity contribution in [3.8, 4) is 5.88 Å². The largest absolute Gasteiger partial charge is 0.481 e. The average Bonchev–Trinajstić information content (AvgIpc) is 2.99. The molecule has 0 amide bonds. The van der Waals surface area contributed by atoms with Crippen molar-refractivity contribution in [2.45, 2.75) is 18.9 Å². The summed E-state index contributed by atoms with van der Waals surface area (Å²) in [5.41, 5.74) is 0. The molecule has 7 heteroatoms. The number of aromatic nitrogens is 4. The minimum atomic E-state index is 0.0519. The van der Waals surface area contributed by atoms with Crippen LogP contribution < -0.4 is 10.1 Å². The van der Waals surface area contributed by atoms with Crippen molar-refractivity contribution in [3.05, 3.63) is 30.5 Å². The second-order valence-electron chi connectivity index (χ2n) is 5.39. The van der Waals surface area contributed by atoms with E-state index in [4.69, 9.17) is 9.47 Å². The second-order valence-corrected chi connectivity index (χ2v) is 5.39. The number of anilines is 1. The van der Waals surface area contributed by atoms with Gasteiger partial charge in [0.1, 0.15) is 5.82 Å². The fourth-order valence-corrected chi connectivity index (χ4v) is 2.78. The molecule has 1 fully saturated rings. The van der Waals surface area contributed by atoms with Gasteiger partial charge in [0.2, 0.25) is 11.8 Å². The minimum absolute atomic E-state index is 0.0519. The Morgan fingerprint density at radius 3 is 2.82 bits per heavy atom. The Labute approximate surface area is 129 Å². The van der Waals surface area contributed by atoms with Gasteiger partial charge in [-0.25, -0.2) is 9.97 Å². The van der Waals surface area contributed by atoms with Gasteiger partial charge in [-0.1, -0.05) is 0 Å². The van der Waals surface area contributed by atoms with Crippen LogP contribution >= 0.6 is 0 Å². The SMILES string of the molecule is COc1ccnc(N[C@@H](c2nccn2C)C2CCOCC2)n1. The van der Waals surface area contributed by atoms with E-state index in [1.165, 1.54) is 0 Å². The molecular formula is C15H21N5O2. The topological polar surface area (TPSA) is 74.1 Å². The molecule has 1 atom stereocenters. The first-order chi connectivity index (χ1) is 10.8. The lowest BCUT2D eigenvalue weighted by Crippen LogP contribution is -2.29. The van der Waals surface area contributed by atoms with Crippen molar-refractivity contribution in [1.29, 1.82) is 0 Å². The van der Waals surface area contributed by atoms with Crippen LogP contribution in [0.1, 0.15) is 24.7 Å². The molecule has 1 aliphatic heterocycles. The lowest BCUT2D eigenvalue weighted by Gasteiger charge is -2.30. The predicted octanol–water partition coefficient (Wildman–Crippen LogP) is 1.80. The van der Waals surface area contributed by atoms with Crippen molar-refractivity contribution in [3.63, 3.8) is 0 Å². The van der Waals surface area contributed by atoms with Gasteiger partial charge in [-0.05, 0) is 18.8 Å². The van der Waals surface area contributed by atoms with Gasteiger partial charge in [0.15, 0.2) is 0 Å². The number of nitrogens with one attached hydrogen (secondary N) is 1. The Balaban J connectivity index is 1.86. The maximum Gasteiger partial charge on any atom is 0.226 e. The van der Waals surface area contributed by atoms with Crippen LogP contribution in [0.25, 0.3) is 0 Å². The lowest BCUT2D eigenvalue weighted by molar-refractivity contribution is 0.0593. The number of methoxy groups -OCH3 is 1. The van der Waals surface area contributed by atoms with E-state index in [9.17, 15) is 0 Å². The molecule has 0 bridgehead atoms. The van der Waals surface area contributed by atoms with Gasteiger partial charge in [0, 0.05) is 44.9 Å². The summed E-state index contributed by atoms with van der Waals surface area (Å²) in [7, 11) is 3.60. The van der Waals surface area contributed by atoms with Crippen LogP contribution in [0.5, 0.6) is 5.88 Å². The summed E-state index contributed by atoms with van der Waals surface area (Å²) in [4.78, 5) is 13.1. The molecule has 0 aromatic carbocycles. The first kappa shape index (κ1) is 14.8. The molecular weight excluding hydrogens is 282 g/mol. The van der Waals surface area contributed by atoms with Gasteiger partial charge in [0.25, 0.3) is 0 Å². The number of nitrogens with zero attached hydrogens (tertiary/aromatic N) is 4. The van der Waals surface area contributed by atoms with Crippen LogP contribution in [0.2, 0.25) is 0 Å². The third-order valence-electron chi connectivity index (χ3n) is 4.00. The smallest absolute Gasteiger partial charge is 0.226 e. The van der Waals surface area contributed by atoms with E-state index in [1.54, 1.807) is 19.4 Å². The zero-order valence-electron chi connectivity index (χ0n) is 12.9. The first-order valence-electron chi connectivity index (χ1n) is 7.46. The van der Waals surface area contributed by atoms with Crippen molar-refractivity contribution < 1.29 is 9.47 Å². The van der Waals surface area contributed by atoms with Crippen molar-refractivity contribution in [2.24, 2.45) is 13.0 Å². The van der Waals surface area contributed by atoms with E-state index < -0.39 is 0 Å². The summed E-state index contributed by atoms with van der Waals surface area (Å²) in [5, 5.41) is 3.43. The van der Waals surface area contributed by atoms with Crippen LogP contribution in [0, 0.1) is 5.92 Å². The molecule has 0 spiro atoms. The van der Waals surface area contributed by atoms with Crippen LogP contribution in [0.4, 0.5) is 5.95 Å². The Morgan fingerprint density at radius 1 is 1.32 bits per heavy atom. The molecule has 22 heavy (non-hydrogen) atoms. The molecule has 2 aromatic rings. The Hall–Kier alpha value is -2.15. The standard InChI is InChI=1S/C15H21N5O2/c1-20-8-7-16-14(20)13(11-4-9-22-10-5-11)19-15-17-6-3-12(18-15)21-2/h3,6-8,11,13H,4-5,9-10H2,1-2H3,(H,17,18,19)/t13-/m1/s1. The number of imidazole rings is 1. The molecule has 118 valence electrons. The number of rotatable bonds is 5. The molecule has 0 saturated carbocycles. The van der Waals surface area contributed by atoms with E-state index in [2.05, 4.69) is 20.3 Å². The van der Waals surface area contributed by atoms with Gasteiger partial charge in [-0.15, -0.1) is 0 Å². The van der Waals surface area contributed by atoms with Gasteiger partial charge < -0.3 is 19.4 Å². The maximum absolute atomic E-state index is 5.48. The highest BCUT2D eigenvalue weighted by atomic mass is 16.5. The Morgan fingerprint density at radius 2 is 2.14 bits per heavy atom. The van der Waals surface area contributed by atoms with Gasteiger partial charge in [0.05, 0.1) is 13.2 Å². The molecule has 7 nitrogen and oxygen atoms in total. The number of aryl methyl sites for hydroxylation is 1. The lowest BCUT2D eigenvalue weighted by atomic mass is 9.91. The van der Waals surface area contributed by atoms with Crippen molar-refractivity contribution in [2.75, 3.05) is 25.6 Å². The quantitative estimate of drug-likeness (QED) is 0.908. The molecule has 1 saturated heterocycles. The molecule has 0 aliphatic carbocycles. The number of hydrogen-bond donors (Lipinski definition) is 1. The van der Waals surface area contributed by atoms with E-state index in [0.29, 0.717) is 17.7 Å². The zero-order valence-corrected chi connectivity index (χ0v) is 12.9. The summed E-state index contributed by atoms with van der Waals surface area (Å²) in [5.74, 6) is 2.52. The van der Waals surface area contributed by atoms with Crippen LogP contribution in [-0.2, 0) is 11.8 Å². The van der Waals surface area contributed by atoms with Gasteiger partial charge in [-0.2, -0.15) is 4.98 Å². The van der Waals surface area contributed by atoms with Crippen molar-refractivity contribution in [1.82, 2.24) is 19.5 Å². The molecule has 0 unspecified atom stereocenters. The summed E-state index contributed by atoms with van der Waals surface area (Å²) in [6, 6.07) is 1.78. The average molecular weight is 303 g/mol. The molecule has 3 rings (SSSR count). The van der Waals surface area contributed by atoms with E-state index in [0.717, 1.165) is 31.9 Å². The fourth-order valence-electron chi connectivity index (χ4n) is 2.78. The molecule has 3 heterocycles. The second kappa shape index (κ2) is 6.74. The summed E-state index contributed by atoms with van der Waals surface area (Å²) >= 11 is 0. The first-order valence-corrected chi connectivity index (χ1v) is 7.46. The normalized spacial score (nSPS) is 17.2. The highest BCUT2D eigenvalue weighted by Gasteiger charge is 2.28. The van der Waals surface area contributed by atoms with Gasteiger partial charge >= 0.3 is 0 Å². The highest BCUT2D eigenvalue weighted by molar-refractivity contribution is 5.31. The summed E-state index contributed by atoms with van der Waals surface area (Å²) in [6.07, 6.45) is 7.45. The fraction of sp³-hybridized carbons (Fsp3) is 0.533. The van der Waals surface area contributed by atoms with E-state index >= 15 is 0 Å². The summed E-state index contributed by atoms with van der Waals surface area (Å²) in [6.45, 7) is 1.57. The molecule has 0 radical (unpaired) electrons. The Bertz CT molecular complexity index is 609. The highest BCUT2D eigenvalue weighted by Crippen LogP contribution is 2.31. The van der Waals surface area contributed by atoms with Gasteiger partial charge in [-0.3, -0.25) is 0 Å². The molecule has 1 N–H and O–H groups in total. The van der Waals surface area contributed by atoms with E-state index in [1.807, 2.05) is 24.0 Å². The molecule has 2 aromatic heterocycles. The number of hydrogen-bond acceptors (Lipinski definition) is 6. The van der Waals surface area contributed by atoms with E-state index in [-0.39, 0.29) is 6.04 Å². The van der Waals surface area contributed by atoms with Crippen LogP contribution in [0.15, 0.2) is 24.7 Å². The summed E-state index contributed by atoms with van der Waals surface area (Å²) < 4.78 is 12.7. The van der Waals surface area contributed by atoms with Crippen LogP contribution in [-0.4, -0.2) is 39.8 Å². The zero-order chi connectivity index (χ0) is 15.4. The predicted molar refractivity (Wildman–Crippen MR) is 81.7 cm³/mol. The monoisotopic (exact) mass is 303 g/mol. The number of ether oxygens (including phenoxy) is 2. The third kappa shape index (κ3) is 3.19. The molecule has 1 aliphatic rings. The maximum atomic E-state index is 5.48. The third-order valence-corrected chi connectivity index (χ3v) is 4.00.